The summed E-state index contributed by atoms with van der Waals surface area (Å²) < 4.78 is 36.1. The zero-order valence-electron chi connectivity index (χ0n) is 11.9. The minimum absolute atomic E-state index is 0.169. The first-order chi connectivity index (χ1) is 9.07. The van der Waals surface area contributed by atoms with Gasteiger partial charge in [0, 0.05) is 26.8 Å². The molecule has 1 fully saturated rings. The molecule has 114 valence electrons. The Kier molecular flexibility index (Phi) is 7.86. The monoisotopic (exact) mass is 294 g/mol. The van der Waals surface area contributed by atoms with E-state index in [1.54, 1.807) is 14.2 Å². The summed E-state index contributed by atoms with van der Waals surface area (Å²) in [6.07, 6.45) is 3.85. The van der Waals surface area contributed by atoms with Crippen LogP contribution >= 0.6 is 0 Å². The van der Waals surface area contributed by atoms with Crippen LogP contribution in [0, 0.1) is 0 Å². The van der Waals surface area contributed by atoms with Gasteiger partial charge in [-0.05, 0) is 32.2 Å². The summed E-state index contributed by atoms with van der Waals surface area (Å²) in [5.74, 6) is 0.169. The highest BCUT2D eigenvalue weighted by Gasteiger charge is 2.19. The molecule has 1 atom stereocenters. The van der Waals surface area contributed by atoms with Crippen LogP contribution in [0.2, 0.25) is 0 Å². The molecule has 0 spiro atoms. The molecule has 2 N–H and O–H groups in total. The van der Waals surface area contributed by atoms with E-state index in [2.05, 4.69) is 10.0 Å². The predicted octanol–water partition coefficient (Wildman–Crippen LogP) is 0.0994. The Morgan fingerprint density at radius 1 is 1.26 bits per heavy atom. The number of methoxy groups -OCH3 is 2. The van der Waals surface area contributed by atoms with Crippen molar-refractivity contribution >= 4 is 10.0 Å². The number of unbranched alkanes of at least 4 members (excludes halogenated alkanes) is 1. The minimum atomic E-state index is -3.20. The van der Waals surface area contributed by atoms with Crippen LogP contribution in [0.3, 0.4) is 0 Å². The average molecular weight is 294 g/mol. The van der Waals surface area contributed by atoms with Gasteiger partial charge < -0.3 is 14.8 Å². The third-order valence-corrected chi connectivity index (χ3v) is 4.50. The van der Waals surface area contributed by atoms with Gasteiger partial charge in [0.25, 0.3) is 0 Å². The lowest BCUT2D eigenvalue weighted by Crippen LogP contribution is -2.36. The van der Waals surface area contributed by atoms with Crippen LogP contribution < -0.4 is 10.0 Å². The van der Waals surface area contributed by atoms with Crippen molar-refractivity contribution in [2.24, 2.45) is 0 Å². The van der Waals surface area contributed by atoms with Crippen molar-refractivity contribution in [2.75, 3.05) is 39.7 Å². The largest absolute Gasteiger partial charge is 0.382 e. The van der Waals surface area contributed by atoms with E-state index in [9.17, 15) is 8.42 Å². The molecular formula is C12H26N2O4S. The van der Waals surface area contributed by atoms with Gasteiger partial charge in [0.2, 0.25) is 10.0 Å². The van der Waals surface area contributed by atoms with E-state index in [0.29, 0.717) is 19.1 Å². The van der Waals surface area contributed by atoms with Crippen molar-refractivity contribution in [1.29, 1.82) is 0 Å². The molecule has 0 aliphatic heterocycles. The first-order valence-corrected chi connectivity index (χ1v) is 8.45. The molecular weight excluding hydrogens is 268 g/mol. The molecule has 6 nitrogen and oxygen atoms in total. The Morgan fingerprint density at radius 3 is 2.58 bits per heavy atom. The summed E-state index contributed by atoms with van der Waals surface area (Å²) in [7, 11) is -0.0974. The third kappa shape index (κ3) is 8.54. The van der Waals surface area contributed by atoms with Crippen LogP contribution in [0.1, 0.15) is 25.7 Å². The van der Waals surface area contributed by atoms with E-state index in [-0.39, 0.29) is 18.4 Å². The predicted molar refractivity (Wildman–Crippen MR) is 74.7 cm³/mol. The van der Waals surface area contributed by atoms with Gasteiger partial charge in [0.05, 0.1) is 18.5 Å². The van der Waals surface area contributed by atoms with Crippen LogP contribution in [0.15, 0.2) is 0 Å². The Hall–Kier alpha value is -0.210. The molecule has 0 aromatic rings. The highest BCUT2D eigenvalue weighted by molar-refractivity contribution is 7.89. The second-order valence-electron chi connectivity index (χ2n) is 4.92. The second-order valence-corrected chi connectivity index (χ2v) is 6.84. The molecule has 0 heterocycles. The summed E-state index contributed by atoms with van der Waals surface area (Å²) in [6.45, 7) is 1.54. The van der Waals surface area contributed by atoms with Crippen molar-refractivity contribution in [3.05, 3.63) is 0 Å². The first kappa shape index (κ1) is 16.8. The van der Waals surface area contributed by atoms with Crippen LogP contribution in [-0.2, 0) is 19.5 Å². The van der Waals surface area contributed by atoms with Crippen molar-refractivity contribution in [3.63, 3.8) is 0 Å². The van der Waals surface area contributed by atoms with Crippen molar-refractivity contribution < 1.29 is 17.9 Å². The maximum absolute atomic E-state index is 11.7. The fourth-order valence-electron chi connectivity index (χ4n) is 1.70. The third-order valence-electron chi connectivity index (χ3n) is 3.07. The second kappa shape index (κ2) is 8.86. The quantitative estimate of drug-likeness (QED) is 0.499. The molecule has 19 heavy (non-hydrogen) atoms. The molecule has 1 unspecified atom stereocenters. The summed E-state index contributed by atoms with van der Waals surface area (Å²) in [5, 5.41) is 3.37. The lowest BCUT2D eigenvalue weighted by atomic mass is 10.3. The fourth-order valence-corrected chi connectivity index (χ4v) is 2.87. The van der Waals surface area contributed by atoms with Crippen LogP contribution in [0.4, 0.5) is 0 Å². The highest BCUT2D eigenvalue weighted by Crippen LogP contribution is 2.18. The van der Waals surface area contributed by atoms with E-state index in [1.165, 1.54) is 12.8 Å². The Morgan fingerprint density at radius 2 is 2.00 bits per heavy atom. The van der Waals surface area contributed by atoms with Gasteiger partial charge in [-0.15, -0.1) is 0 Å². The molecule has 7 heteroatoms. The topological polar surface area (TPSA) is 76.7 Å². The lowest BCUT2D eigenvalue weighted by Gasteiger charge is -2.15. The average Bonchev–Trinajstić information content (AvgIpc) is 3.18. The summed E-state index contributed by atoms with van der Waals surface area (Å²) >= 11 is 0. The zero-order chi connectivity index (χ0) is 14.1. The standard InChI is InChI=1S/C12H26N2O4S/c1-17-10-12(18-2)9-14-19(15,16)8-4-3-7-13-11-5-6-11/h11-14H,3-10H2,1-2H3. The van der Waals surface area contributed by atoms with E-state index in [4.69, 9.17) is 9.47 Å². The van der Waals surface area contributed by atoms with Gasteiger partial charge in [0.1, 0.15) is 0 Å². The molecule has 1 saturated carbocycles. The van der Waals surface area contributed by atoms with E-state index in [0.717, 1.165) is 13.0 Å². The van der Waals surface area contributed by atoms with Crippen molar-refractivity contribution in [2.45, 2.75) is 37.8 Å². The highest BCUT2D eigenvalue weighted by atomic mass is 32.2. The van der Waals surface area contributed by atoms with E-state index in [1.807, 2.05) is 0 Å². The van der Waals surface area contributed by atoms with Gasteiger partial charge in [-0.2, -0.15) is 0 Å². The maximum Gasteiger partial charge on any atom is 0.211 e. The van der Waals surface area contributed by atoms with E-state index >= 15 is 0 Å². The van der Waals surface area contributed by atoms with Gasteiger partial charge in [-0.25, -0.2) is 13.1 Å². The first-order valence-electron chi connectivity index (χ1n) is 6.80. The Labute approximate surface area is 116 Å². The molecule has 0 saturated heterocycles. The van der Waals surface area contributed by atoms with Crippen LogP contribution in [-0.4, -0.2) is 60.2 Å². The summed E-state index contributed by atoms with van der Waals surface area (Å²) in [6, 6.07) is 0.686. The molecule has 0 aromatic carbocycles. The zero-order valence-corrected chi connectivity index (χ0v) is 12.7. The summed E-state index contributed by atoms with van der Waals surface area (Å²) in [5.41, 5.74) is 0. The van der Waals surface area contributed by atoms with Gasteiger partial charge in [0.15, 0.2) is 0 Å². The Bertz CT molecular complexity index is 331. The number of sulfonamides is 1. The van der Waals surface area contributed by atoms with Crippen LogP contribution in [0.25, 0.3) is 0 Å². The minimum Gasteiger partial charge on any atom is -0.382 e. The Balaban J connectivity index is 2.08. The molecule has 1 aliphatic rings. The van der Waals surface area contributed by atoms with E-state index < -0.39 is 10.0 Å². The summed E-state index contributed by atoms with van der Waals surface area (Å²) in [4.78, 5) is 0. The molecule has 0 radical (unpaired) electrons. The van der Waals surface area contributed by atoms with Gasteiger partial charge in [-0.3, -0.25) is 0 Å². The molecule has 1 aliphatic carbocycles. The van der Waals surface area contributed by atoms with Gasteiger partial charge in [-0.1, -0.05) is 0 Å². The van der Waals surface area contributed by atoms with Crippen molar-refractivity contribution in [1.82, 2.24) is 10.0 Å². The number of hydrogen-bond donors (Lipinski definition) is 2. The normalized spacial score (nSPS) is 17.6. The number of nitrogens with one attached hydrogen (secondary N) is 2. The molecule has 0 aromatic heterocycles. The number of ether oxygens (including phenoxy) is 2. The molecule has 0 amide bonds. The molecule has 0 bridgehead atoms. The number of hydrogen-bond acceptors (Lipinski definition) is 5. The van der Waals surface area contributed by atoms with Gasteiger partial charge >= 0.3 is 0 Å². The lowest BCUT2D eigenvalue weighted by molar-refractivity contribution is 0.0320. The number of rotatable bonds is 12. The SMILES string of the molecule is COCC(CNS(=O)(=O)CCCCNC1CC1)OC. The molecule has 1 rings (SSSR count). The maximum atomic E-state index is 11.7. The fraction of sp³-hybridized carbons (Fsp3) is 1.00. The van der Waals surface area contributed by atoms with Crippen molar-refractivity contribution in [3.8, 4) is 0 Å². The van der Waals surface area contributed by atoms with Crippen LogP contribution in [0.5, 0.6) is 0 Å². The smallest absolute Gasteiger partial charge is 0.211 e.